The molecule has 0 fully saturated rings. The molecule has 0 amide bonds. The molecule has 3 nitrogen and oxygen atoms in total. The number of halogens is 1. The summed E-state index contributed by atoms with van der Waals surface area (Å²) in [4.78, 5) is 0. The highest BCUT2D eigenvalue weighted by atomic mass is 19.1. The Bertz CT molecular complexity index is 603. The third-order valence-electron chi connectivity index (χ3n) is 3.43. The summed E-state index contributed by atoms with van der Waals surface area (Å²) in [6.07, 6.45) is 0.369. The molecule has 2 N–H and O–H groups in total. The molecule has 1 unspecified atom stereocenters. The lowest BCUT2D eigenvalue weighted by Gasteiger charge is -2.31. The van der Waals surface area contributed by atoms with Crippen molar-refractivity contribution >= 4 is 5.69 Å². The van der Waals surface area contributed by atoms with Gasteiger partial charge in [-0.05, 0) is 30.7 Å². The molecule has 2 aromatic rings. The van der Waals surface area contributed by atoms with Gasteiger partial charge in [-0.2, -0.15) is 0 Å². The van der Waals surface area contributed by atoms with E-state index in [0.29, 0.717) is 17.7 Å². The van der Waals surface area contributed by atoms with Gasteiger partial charge in [0.1, 0.15) is 11.6 Å². The van der Waals surface area contributed by atoms with E-state index in [9.17, 15) is 9.50 Å². The normalized spacial score (nSPS) is 13.5. The molecule has 0 radical (unpaired) electrons. The summed E-state index contributed by atoms with van der Waals surface area (Å²) in [5, 5.41) is 13.0. The summed E-state index contributed by atoms with van der Waals surface area (Å²) in [7, 11) is 1.59. The van der Waals surface area contributed by atoms with E-state index in [1.807, 2.05) is 31.2 Å². The van der Waals surface area contributed by atoms with E-state index in [4.69, 9.17) is 4.74 Å². The van der Waals surface area contributed by atoms with Crippen LogP contribution in [0.2, 0.25) is 0 Å². The maximum absolute atomic E-state index is 13.8. The molecule has 21 heavy (non-hydrogen) atoms. The molecule has 2 rings (SSSR count). The van der Waals surface area contributed by atoms with Crippen molar-refractivity contribution in [3.8, 4) is 5.75 Å². The third-order valence-corrected chi connectivity index (χ3v) is 3.43. The quantitative estimate of drug-likeness (QED) is 0.858. The van der Waals surface area contributed by atoms with Crippen molar-refractivity contribution in [3.05, 3.63) is 59.9 Å². The van der Waals surface area contributed by atoms with Crippen molar-refractivity contribution in [2.45, 2.75) is 18.9 Å². The predicted octanol–water partition coefficient (Wildman–Crippen LogP) is 3.24. The highest BCUT2D eigenvalue weighted by Gasteiger charge is 2.26. The van der Waals surface area contributed by atoms with Crippen molar-refractivity contribution < 1.29 is 14.2 Å². The van der Waals surface area contributed by atoms with Crippen LogP contribution >= 0.6 is 0 Å². The molecule has 0 aromatic heterocycles. The molecule has 0 bridgehead atoms. The van der Waals surface area contributed by atoms with Gasteiger partial charge in [-0.25, -0.2) is 4.39 Å². The minimum absolute atomic E-state index is 0.126. The van der Waals surface area contributed by atoms with E-state index in [0.717, 1.165) is 5.69 Å². The maximum Gasteiger partial charge on any atom is 0.141 e. The summed E-state index contributed by atoms with van der Waals surface area (Å²) in [5.74, 6) is 0.421. The average Bonchev–Trinajstić information content (AvgIpc) is 2.50. The van der Waals surface area contributed by atoms with Gasteiger partial charge in [0.05, 0.1) is 24.9 Å². The van der Waals surface area contributed by atoms with Crippen molar-refractivity contribution in [1.82, 2.24) is 0 Å². The van der Waals surface area contributed by atoms with E-state index in [-0.39, 0.29) is 12.4 Å². The first kappa shape index (κ1) is 15.3. The van der Waals surface area contributed by atoms with E-state index in [2.05, 4.69) is 5.32 Å². The van der Waals surface area contributed by atoms with Gasteiger partial charge in [0.25, 0.3) is 0 Å². The smallest absolute Gasteiger partial charge is 0.141 e. The van der Waals surface area contributed by atoms with Gasteiger partial charge in [0.2, 0.25) is 0 Å². The van der Waals surface area contributed by atoms with Crippen molar-refractivity contribution in [2.75, 3.05) is 19.0 Å². The number of ether oxygens (including phenoxy) is 1. The molecule has 112 valence electrons. The van der Waals surface area contributed by atoms with Gasteiger partial charge in [0.15, 0.2) is 0 Å². The van der Waals surface area contributed by atoms with Crippen LogP contribution in [0, 0.1) is 5.82 Å². The lowest BCUT2D eigenvalue weighted by Crippen LogP contribution is -2.41. The molecule has 0 saturated heterocycles. The van der Waals surface area contributed by atoms with Crippen LogP contribution in [0.5, 0.6) is 5.75 Å². The van der Waals surface area contributed by atoms with E-state index in [1.54, 1.807) is 25.3 Å². The van der Waals surface area contributed by atoms with E-state index >= 15 is 0 Å². The third kappa shape index (κ3) is 3.73. The number of anilines is 1. The monoisotopic (exact) mass is 289 g/mol. The maximum atomic E-state index is 13.8. The first-order valence-electron chi connectivity index (χ1n) is 6.83. The number of hydrogen-bond acceptors (Lipinski definition) is 3. The molecule has 4 heteroatoms. The van der Waals surface area contributed by atoms with Gasteiger partial charge in [-0.15, -0.1) is 0 Å². The van der Waals surface area contributed by atoms with Crippen molar-refractivity contribution in [1.29, 1.82) is 0 Å². The Balaban J connectivity index is 2.23. The van der Waals surface area contributed by atoms with Crippen LogP contribution in [0.3, 0.4) is 0 Å². The second-order valence-corrected chi connectivity index (χ2v) is 5.31. The number of nitrogens with one attached hydrogen (secondary N) is 1. The van der Waals surface area contributed by atoms with Crippen LogP contribution in [-0.4, -0.2) is 24.4 Å². The molecular formula is C17H20FNO2. The topological polar surface area (TPSA) is 41.5 Å². The fourth-order valence-corrected chi connectivity index (χ4v) is 2.27. The summed E-state index contributed by atoms with van der Waals surface area (Å²) in [6, 6.07) is 14.1. The van der Waals surface area contributed by atoms with Gasteiger partial charge in [-0.1, -0.05) is 30.3 Å². The second-order valence-electron chi connectivity index (χ2n) is 5.31. The highest BCUT2D eigenvalue weighted by Crippen LogP contribution is 2.28. The number of aliphatic hydroxyl groups is 1. The average molecular weight is 289 g/mol. The predicted molar refractivity (Wildman–Crippen MR) is 82.2 cm³/mol. The minimum Gasteiger partial charge on any atom is -0.495 e. The standard InChI is InChI=1S/C17H20FNO2/c1-17(12-20,11-13-7-3-4-8-14(13)18)19-15-9-5-6-10-16(15)21-2/h3-10,19-20H,11-12H2,1-2H3. The van der Waals surface area contributed by atoms with Crippen molar-refractivity contribution in [2.24, 2.45) is 0 Å². The SMILES string of the molecule is COc1ccccc1NC(C)(CO)Cc1ccccc1F. The molecule has 0 aliphatic carbocycles. The van der Waals surface area contributed by atoms with Gasteiger partial charge in [-0.3, -0.25) is 0 Å². The van der Waals surface area contributed by atoms with Crippen molar-refractivity contribution in [3.63, 3.8) is 0 Å². The molecule has 0 saturated carbocycles. The zero-order valence-corrected chi connectivity index (χ0v) is 12.3. The van der Waals surface area contributed by atoms with Crippen LogP contribution in [0.1, 0.15) is 12.5 Å². The van der Waals surface area contributed by atoms with Crippen LogP contribution in [0.4, 0.5) is 10.1 Å². The Morgan fingerprint density at radius 2 is 1.81 bits per heavy atom. The Kier molecular flexibility index (Phi) is 4.81. The number of aliphatic hydroxyl groups excluding tert-OH is 1. The fraction of sp³-hybridized carbons (Fsp3) is 0.294. The summed E-state index contributed by atoms with van der Waals surface area (Å²) in [6.45, 7) is 1.73. The van der Waals surface area contributed by atoms with Crippen LogP contribution in [0.15, 0.2) is 48.5 Å². The Morgan fingerprint density at radius 3 is 2.48 bits per heavy atom. The number of hydrogen-bond donors (Lipinski definition) is 2. The lowest BCUT2D eigenvalue weighted by molar-refractivity contribution is 0.220. The number of benzene rings is 2. The zero-order valence-electron chi connectivity index (χ0n) is 12.3. The van der Waals surface area contributed by atoms with Gasteiger partial charge < -0.3 is 15.2 Å². The Morgan fingerprint density at radius 1 is 1.14 bits per heavy atom. The largest absolute Gasteiger partial charge is 0.495 e. The molecule has 0 aliphatic rings. The highest BCUT2D eigenvalue weighted by molar-refractivity contribution is 5.57. The number of methoxy groups -OCH3 is 1. The fourth-order valence-electron chi connectivity index (χ4n) is 2.27. The van der Waals surface area contributed by atoms with Gasteiger partial charge >= 0.3 is 0 Å². The first-order valence-corrected chi connectivity index (χ1v) is 6.83. The summed E-state index contributed by atoms with van der Waals surface area (Å²) in [5.41, 5.74) is 0.654. The summed E-state index contributed by atoms with van der Waals surface area (Å²) < 4.78 is 19.1. The molecule has 1 atom stereocenters. The Labute approximate surface area is 124 Å². The number of para-hydroxylation sites is 2. The second kappa shape index (κ2) is 6.59. The minimum atomic E-state index is -0.684. The van der Waals surface area contributed by atoms with Crippen LogP contribution < -0.4 is 10.1 Å². The number of rotatable bonds is 6. The van der Waals surface area contributed by atoms with Gasteiger partial charge in [0, 0.05) is 6.42 Å². The zero-order chi connectivity index (χ0) is 15.3. The Hall–Kier alpha value is -2.07. The van der Waals surface area contributed by atoms with E-state index < -0.39 is 5.54 Å². The molecule has 0 heterocycles. The molecule has 0 aliphatic heterocycles. The van der Waals surface area contributed by atoms with E-state index in [1.165, 1.54) is 6.07 Å². The molecule has 2 aromatic carbocycles. The lowest BCUT2D eigenvalue weighted by atomic mass is 9.93. The van der Waals surface area contributed by atoms with Crippen LogP contribution in [0.25, 0.3) is 0 Å². The first-order chi connectivity index (χ1) is 10.1. The van der Waals surface area contributed by atoms with Crippen LogP contribution in [-0.2, 0) is 6.42 Å². The summed E-state index contributed by atoms with van der Waals surface area (Å²) >= 11 is 0. The molecular weight excluding hydrogens is 269 g/mol. The molecule has 0 spiro atoms.